The Kier molecular flexibility index (Phi) is 5.63. The van der Waals surface area contributed by atoms with Crippen molar-refractivity contribution >= 4 is 35.6 Å². The van der Waals surface area contributed by atoms with Crippen LogP contribution < -0.4 is 10.6 Å². The van der Waals surface area contributed by atoms with Crippen LogP contribution >= 0.6 is 0 Å². The Labute approximate surface area is 156 Å². The van der Waals surface area contributed by atoms with Gasteiger partial charge in [-0.05, 0) is 31.4 Å². The Bertz CT molecular complexity index is 805. The number of hydrogen-bond donors (Lipinski definition) is 2. The highest BCUT2D eigenvalue weighted by atomic mass is 16.2. The van der Waals surface area contributed by atoms with Gasteiger partial charge in [0.2, 0.25) is 17.7 Å². The van der Waals surface area contributed by atoms with Gasteiger partial charge in [-0.1, -0.05) is 6.07 Å². The normalized spacial score (nSPS) is 18.9. The molecule has 1 aromatic rings. The number of hydrogen-bond acceptors (Lipinski definition) is 5. The molecule has 4 amide bonds. The minimum Gasteiger partial charge on any atom is -0.326 e. The first-order valence-electron chi connectivity index (χ1n) is 9.01. The van der Waals surface area contributed by atoms with E-state index in [-0.39, 0.29) is 30.7 Å². The van der Waals surface area contributed by atoms with E-state index < -0.39 is 11.9 Å². The highest BCUT2D eigenvalue weighted by Gasteiger charge is 2.39. The van der Waals surface area contributed by atoms with Crippen LogP contribution in [-0.4, -0.2) is 40.9 Å². The van der Waals surface area contributed by atoms with Crippen molar-refractivity contribution in [1.82, 2.24) is 10.2 Å². The van der Waals surface area contributed by atoms with Crippen molar-refractivity contribution in [3.05, 3.63) is 29.3 Å². The Morgan fingerprint density at radius 3 is 2.81 bits per heavy atom. The van der Waals surface area contributed by atoms with Gasteiger partial charge in [-0.3, -0.25) is 24.5 Å². The summed E-state index contributed by atoms with van der Waals surface area (Å²) in [6.07, 6.45) is 3.32. The molecule has 2 N–H and O–H groups in total. The number of anilines is 1. The van der Waals surface area contributed by atoms with E-state index in [1.54, 1.807) is 18.2 Å². The molecule has 1 fully saturated rings. The van der Waals surface area contributed by atoms with E-state index in [9.17, 15) is 24.0 Å². The summed E-state index contributed by atoms with van der Waals surface area (Å²) in [7, 11) is 0. The topological polar surface area (TPSA) is 113 Å². The average molecular weight is 371 g/mol. The van der Waals surface area contributed by atoms with E-state index in [1.807, 2.05) is 0 Å². The van der Waals surface area contributed by atoms with Gasteiger partial charge in [0.25, 0.3) is 5.91 Å². The number of nitrogens with zero attached hydrogens (tertiary/aromatic N) is 1. The zero-order valence-electron chi connectivity index (χ0n) is 14.8. The minimum atomic E-state index is -0.686. The lowest BCUT2D eigenvalue weighted by Crippen LogP contribution is -2.52. The van der Waals surface area contributed by atoms with Crippen LogP contribution in [0, 0.1) is 0 Å². The Balaban J connectivity index is 1.70. The van der Waals surface area contributed by atoms with Crippen molar-refractivity contribution in [2.24, 2.45) is 0 Å². The predicted molar refractivity (Wildman–Crippen MR) is 95.6 cm³/mol. The molecule has 1 atom stereocenters. The first-order chi connectivity index (χ1) is 13.0. The Morgan fingerprint density at radius 2 is 2.07 bits per heavy atom. The lowest BCUT2D eigenvalue weighted by atomic mass is 10.0. The van der Waals surface area contributed by atoms with Crippen LogP contribution in [0.3, 0.4) is 0 Å². The molecule has 0 radical (unpaired) electrons. The number of amides is 4. The molecule has 8 nitrogen and oxygen atoms in total. The standard InChI is InChI=1S/C19H21N3O5/c23-10-3-1-2-7-16(24)20-14-6-4-5-12-13(14)11-22(19(12)27)15-8-9-17(25)21-18(15)26/h4-6,10,15H,1-3,7-9,11H2,(H,20,24)(H,21,25,26). The number of unbranched alkanes of at least 4 members (excludes halogenated alkanes) is 2. The number of piperidine rings is 1. The molecule has 0 spiro atoms. The SMILES string of the molecule is O=CCCCCC(=O)Nc1cccc2c1CN(C1CCC(=O)NC1=O)C2=O. The number of rotatable bonds is 7. The van der Waals surface area contributed by atoms with Gasteiger partial charge in [-0.2, -0.15) is 0 Å². The fraction of sp³-hybridized carbons (Fsp3) is 0.421. The van der Waals surface area contributed by atoms with Crippen molar-refractivity contribution in [3.8, 4) is 0 Å². The van der Waals surface area contributed by atoms with Gasteiger partial charge in [0.1, 0.15) is 12.3 Å². The Hall–Kier alpha value is -3.03. The monoisotopic (exact) mass is 371 g/mol. The molecule has 27 heavy (non-hydrogen) atoms. The van der Waals surface area contributed by atoms with Crippen molar-refractivity contribution < 1.29 is 24.0 Å². The number of fused-ring (bicyclic) bond motifs is 1. The van der Waals surface area contributed by atoms with Crippen LogP contribution in [0.4, 0.5) is 5.69 Å². The molecule has 2 aliphatic rings. The second-order valence-electron chi connectivity index (χ2n) is 6.69. The lowest BCUT2D eigenvalue weighted by molar-refractivity contribution is -0.137. The van der Waals surface area contributed by atoms with Gasteiger partial charge in [-0.25, -0.2) is 0 Å². The van der Waals surface area contributed by atoms with Crippen LogP contribution in [0.25, 0.3) is 0 Å². The van der Waals surface area contributed by atoms with E-state index in [1.165, 1.54) is 4.90 Å². The molecule has 2 aliphatic heterocycles. The molecule has 0 aliphatic carbocycles. The summed E-state index contributed by atoms with van der Waals surface area (Å²) in [6.45, 7) is 0.210. The van der Waals surface area contributed by atoms with Crippen LogP contribution in [0.5, 0.6) is 0 Å². The maximum absolute atomic E-state index is 12.7. The summed E-state index contributed by atoms with van der Waals surface area (Å²) in [5.41, 5.74) is 1.68. The second-order valence-corrected chi connectivity index (χ2v) is 6.69. The predicted octanol–water partition coefficient (Wildman–Crippen LogP) is 1.15. The molecule has 1 saturated heterocycles. The third kappa shape index (κ3) is 4.05. The number of benzene rings is 1. The highest BCUT2D eigenvalue weighted by molar-refractivity contribution is 6.06. The van der Waals surface area contributed by atoms with E-state index in [0.29, 0.717) is 48.9 Å². The summed E-state index contributed by atoms with van der Waals surface area (Å²) in [6, 6.07) is 4.40. The van der Waals surface area contributed by atoms with Crippen LogP contribution in [0.15, 0.2) is 18.2 Å². The van der Waals surface area contributed by atoms with Crippen LogP contribution in [-0.2, 0) is 25.7 Å². The smallest absolute Gasteiger partial charge is 0.255 e. The fourth-order valence-corrected chi connectivity index (χ4v) is 3.43. The molecule has 2 heterocycles. The number of aldehydes is 1. The molecule has 0 saturated carbocycles. The van der Waals surface area contributed by atoms with Crippen LogP contribution in [0.2, 0.25) is 0 Å². The van der Waals surface area contributed by atoms with E-state index in [4.69, 9.17) is 0 Å². The second kappa shape index (κ2) is 8.11. The zero-order chi connectivity index (χ0) is 19.4. The van der Waals surface area contributed by atoms with Gasteiger partial charge in [0.15, 0.2) is 0 Å². The van der Waals surface area contributed by atoms with Crippen molar-refractivity contribution in [1.29, 1.82) is 0 Å². The van der Waals surface area contributed by atoms with E-state index >= 15 is 0 Å². The van der Waals surface area contributed by atoms with Gasteiger partial charge in [0.05, 0.1) is 0 Å². The third-order valence-electron chi connectivity index (χ3n) is 4.83. The highest BCUT2D eigenvalue weighted by Crippen LogP contribution is 2.32. The molecule has 1 aromatic carbocycles. The van der Waals surface area contributed by atoms with E-state index in [0.717, 1.165) is 6.29 Å². The van der Waals surface area contributed by atoms with E-state index in [2.05, 4.69) is 10.6 Å². The number of carbonyl (C=O) groups is 5. The summed E-state index contributed by atoms with van der Waals surface area (Å²) >= 11 is 0. The Morgan fingerprint density at radius 1 is 1.26 bits per heavy atom. The van der Waals surface area contributed by atoms with Gasteiger partial charge in [0, 0.05) is 42.6 Å². The fourth-order valence-electron chi connectivity index (χ4n) is 3.43. The number of imide groups is 1. The van der Waals surface area contributed by atoms with Gasteiger partial charge >= 0.3 is 0 Å². The molecule has 3 rings (SSSR count). The van der Waals surface area contributed by atoms with Crippen molar-refractivity contribution in [3.63, 3.8) is 0 Å². The summed E-state index contributed by atoms with van der Waals surface area (Å²) in [4.78, 5) is 60.1. The molecule has 8 heteroatoms. The molecule has 1 unspecified atom stereocenters. The summed E-state index contributed by atoms with van der Waals surface area (Å²) in [5.74, 6) is -1.25. The van der Waals surface area contributed by atoms with Crippen molar-refractivity contribution in [2.75, 3.05) is 5.32 Å². The number of carbonyl (C=O) groups excluding carboxylic acids is 5. The minimum absolute atomic E-state index is 0.179. The third-order valence-corrected chi connectivity index (χ3v) is 4.83. The first-order valence-corrected chi connectivity index (χ1v) is 9.01. The zero-order valence-corrected chi connectivity index (χ0v) is 14.8. The lowest BCUT2D eigenvalue weighted by Gasteiger charge is -2.29. The summed E-state index contributed by atoms with van der Waals surface area (Å²) in [5, 5.41) is 5.09. The molecular weight excluding hydrogens is 350 g/mol. The van der Waals surface area contributed by atoms with Gasteiger partial charge < -0.3 is 15.0 Å². The molecule has 0 aromatic heterocycles. The molecular formula is C19H21N3O5. The maximum Gasteiger partial charge on any atom is 0.255 e. The first kappa shape index (κ1) is 18.8. The number of nitrogens with one attached hydrogen (secondary N) is 2. The molecule has 0 bridgehead atoms. The quantitative estimate of drug-likeness (QED) is 0.424. The maximum atomic E-state index is 12.7. The van der Waals surface area contributed by atoms with Crippen molar-refractivity contribution in [2.45, 2.75) is 51.1 Å². The average Bonchev–Trinajstić information content (AvgIpc) is 2.97. The largest absolute Gasteiger partial charge is 0.326 e. The van der Waals surface area contributed by atoms with Crippen LogP contribution in [0.1, 0.15) is 54.4 Å². The summed E-state index contributed by atoms with van der Waals surface area (Å²) < 4.78 is 0. The van der Waals surface area contributed by atoms with Gasteiger partial charge in [-0.15, -0.1) is 0 Å². The molecule has 142 valence electrons.